The highest BCUT2D eigenvalue weighted by Gasteiger charge is 2.13. The SMILES string of the molecule is CCCc1ncncc1C(=O)NCc1csc(-c2cnccn2)n1. The van der Waals surface area contributed by atoms with Crippen LogP contribution in [0.2, 0.25) is 0 Å². The van der Waals surface area contributed by atoms with Crippen LogP contribution < -0.4 is 5.32 Å². The van der Waals surface area contributed by atoms with Gasteiger partial charge in [-0.25, -0.2) is 15.0 Å². The van der Waals surface area contributed by atoms with E-state index in [1.54, 1.807) is 24.8 Å². The molecule has 0 bridgehead atoms. The van der Waals surface area contributed by atoms with Gasteiger partial charge in [-0.1, -0.05) is 13.3 Å². The molecule has 3 rings (SSSR count). The van der Waals surface area contributed by atoms with Gasteiger partial charge in [-0.05, 0) is 6.42 Å². The second kappa shape index (κ2) is 7.69. The monoisotopic (exact) mass is 340 g/mol. The molecule has 3 aromatic rings. The van der Waals surface area contributed by atoms with Crippen molar-refractivity contribution in [1.29, 1.82) is 0 Å². The molecule has 1 N–H and O–H groups in total. The zero-order valence-corrected chi connectivity index (χ0v) is 14.0. The minimum Gasteiger partial charge on any atom is -0.346 e. The lowest BCUT2D eigenvalue weighted by Gasteiger charge is -2.07. The summed E-state index contributed by atoms with van der Waals surface area (Å²) >= 11 is 1.47. The van der Waals surface area contributed by atoms with Crippen molar-refractivity contribution < 1.29 is 4.79 Å². The van der Waals surface area contributed by atoms with Crippen LogP contribution >= 0.6 is 11.3 Å². The Morgan fingerprint density at radius 2 is 2.12 bits per heavy atom. The van der Waals surface area contributed by atoms with Gasteiger partial charge in [0, 0.05) is 24.0 Å². The van der Waals surface area contributed by atoms with Crippen molar-refractivity contribution in [1.82, 2.24) is 30.2 Å². The Labute approximate surface area is 143 Å². The minimum absolute atomic E-state index is 0.187. The molecule has 0 saturated heterocycles. The second-order valence-electron chi connectivity index (χ2n) is 5.05. The number of carbonyl (C=O) groups is 1. The summed E-state index contributed by atoms with van der Waals surface area (Å²) in [5, 5.41) is 5.55. The predicted molar refractivity (Wildman–Crippen MR) is 90.3 cm³/mol. The van der Waals surface area contributed by atoms with E-state index >= 15 is 0 Å². The van der Waals surface area contributed by atoms with E-state index in [0.29, 0.717) is 12.1 Å². The van der Waals surface area contributed by atoms with Crippen molar-refractivity contribution >= 4 is 17.2 Å². The fourth-order valence-corrected chi connectivity index (χ4v) is 2.94. The molecule has 0 fully saturated rings. The maximum atomic E-state index is 12.4. The Bertz CT molecular complexity index is 820. The molecule has 1 amide bonds. The summed E-state index contributed by atoms with van der Waals surface area (Å²) in [6.07, 6.45) is 9.61. The fraction of sp³-hybridized carbons (Fsp3) is 0.250. The van der Waals surface area contributed by atoms with E-state index in [1.807, 2.05) is 12.3 Å². The molecule has 0 atom stereocenters. The van der Waals surface area contributed by atoms with Gasteiger partial charge in [-0.3, -0.25) is 14.8 Å². The smallest absolute Gasteiger partial charge is 0.255 e. The Kier molecular flexibility index (Phi) is 5.17. The molecule has 122 valence electrons. The number of rotatable bonds is 6. The molecule has 0 aromatic carbocycles. The molecular weight excluding hydrogens is 324 g/mol. The summed E-state index contributed by atoms with van der Waals surface area (Å²) in [6, 6.07) is 0. The normalized spacial score (nSPS) is 10.5. The number of hydrogen-bond donors (Lipinski definition) is 1. The van der Waals surface area contributed by atoms with Gasteiger partial charge in [-0.15, -0.1) is 11.3 Å². The minimum atomic E-state index is -0.187. The quantitative estimate of drug-likeness (QED) is 0.740. The summed E-state index contributed by atoms with van der Waals surface area (Å²) in [5.41, 5.74) is 2.79. The molecule has 0 radical (unpaired) electrons. The molecule has 7 nitrogen and oxygen atoms in total. The molecule has 0 aliphatic carbocycles. The van der Waals surface area contributed by atoms with E-state index < -0.39 is 0 Å². The molecule has 24 heavy (non-hydrogen) atoms. The number of thiazole rings is 1. The van der Waals surface area contributed by atoms with Crippen molar-refractivity contribution in [3.05, 3.63) is 53.4 Å². The average Bonchev–Trinajstić information content (AvgIpc) is 3.10. The standard InChI is InChI=1S/C16H16N6OS/c1-2-3-13-12(7-18-10-21-13)15(23)20-6-11-9-24-16(22-11)14-8-17-4-5-19-14/h4-5,7-10H,2-3,6H2,1H3,(H,20,23). The molecule has 0 saturated carbocycles. The number of nitrogens with zero attached hydrogens (tertiary/aromatic N) is 5. The van der Waals surface area contributed by atoms with Gasteiger partial charge in [0.25, 0.3) is 5.91 Å². The van der Waals surface area contributed by atoms with Crippen LogP contribution in [0.4, 0.5) is 0 Å². The number of nitrogens with one attached hydrogen (secondary N) is 1. The molecule has 3 heterocycles. The summed E-state index contributed by atoms with van der Waals surface area (Å²) in [6.45, 7) is 2.39. The maximum Gasteiger partial charge on any atom is 0.255 e. The second-order valence-corrected chi connectivity index (χ2v) is 5.91. The van der Waals surface area contributed by atoms with E-state index in [0.717, 1.165) is 34.9 Å². The van der Waals surface area contributed by atoms with E-state index in [-0.39, 0.29) is 5.91 Å². The first-order valence-electron chi connectivity index (χ1n) is 7.55. The number of aryl methyl sites for hydroxylation is 1. The topological polar surface area (TPSA) is 93.6 Å². The highest BCUT2D eigenvalue weighted by atomic mass is 32.1. The van der Waals surface area contributed by atoms with E-state index in [1.165, 1.54) is 17.7 Å². The van der Waals surface area contributed by atoms with Crippen LogP contribution in [0.1, 0.15) is 35.1 Å². The van der Waals surface area contributed by atoms with Crippen molar-refractivity contribution in [3.8, 4) is 10.7 Å². The third-order valence-electron chi connectivity index (χ3n) is 3.29. The molecule has 8 heteroatoms. The van der Waals surface area contributed by atoms with Gasteiger partial charge in [0.05, 0.1) is 29.7 Å². The Morgan fingerprint density at radius 1 is 1.21 bits per heavy atom. The zero-order valence-electron chi connectivity index (χ0n) is 13.1. The first kappa shape index (κ1) is 16.1. The lowest BCUT2D eigenvalue weighted by Crippen LogP contribution is -2.24. The third kappa shape index (κ3) is 3.77. The number of aromatic nitrogens is 5. The van der Waals surface area contributed by atoms with Gasteiger partial charge in [0.15, 0.2) is 0 Å². The van der Waals surface area contributed by atoms with Crippen LogP contribution in [0.15, 0.2) is 36.5 Å². The fourth-order valence-electron chi connectivity index (χ4n) is 2.16. The summed E-state index contributed by atoms with van der Waals surface area (Å²) in [5.74, 6) is -0.187. The van der Waals surface area contributed by atoms with Crippen LogP contribution in [0.5, 0.6) is 0 Å². The van der Waals surface area contributed by atoms with Crippen LogP contribution in [-0.4, -0.2) is 30.8 Å². The number of amides is 1. The molecule has 3 aromatic heterocycles. The summed E-state index contributed by atoms with van der Waals surface area (Å²) < 4.78 is 0. The lowest BCUT2D eigenvalue weighted by molar-refractivity contribution is 0.0948. The average molecular weight is 340 g/mol. The van der Waals surface area contributed by atoms with E-state index in [4.69, 9.17) is 0 Å². The van der Waals surface area contributed by atoms with Crippen molar-refractivity contribution in [2.24, 2.45) is 0 Å². The Morgan fingerprint density at radius 3 is 2.92 bits per heavy atom. The van der Waals surface area contributed by atoms with Gasteiger partial charge < -0.3 is 5.32 Å². The van der Waals surface area contributed by atoms with Gasteiger partial charge in [-0.2, -0.15) is 0 Å². The van der Waals surface area contributed by atoms with Crippen molar-refractivity contribution in [2.45, 2.75) is 26.3 Å². The highest BCUT2D eigenvalue weighted by Crippen LogP contribution is 2.20. The lowest BCUT2D eigenvalue weighted by atomic mass is 10.1. The van der Waals surface area contributed by atoms with Crippen LogP contribution in [0.25, 0.3) is 10.7 Å². The predicted octanol–water partition coefficient (Wildman–Crippen LogP) is 2.27. The van der Waals surface area contributed by atoms with Gasteiger partial charge >= 0.3 is 0 Å². The van der Waals surface area contributed by atoms with E-state index in [9.17, 15) is 4.79 Å². The first-order valence-corrected chi connectivity index (χ1v) is 8.43. The largest absolute Gasteiger partial charge is 0.346 e. The maximum absolute atomic E-state index is 12.4. The van der Waals surface area contributed by atoms with Gasteiger partial charge in [0.2, 0.25) is 0 Å². The van der Waals surface area contributed by atoms with Crippen LogP contribution in [-0.2, 0) is 13.0 Å². The number of hydrogen-bond acceptors (Lipinski definition) is 7. The van der Waals surface area contributed by atoms with Gasteiger partial charge in [0.1, 0.15) is 17.0 Å². The molecule has 0 aliphatic rings. The van der Waals surface area contributed by atoms with Crippen molar-refractivity contribution in [3.63, 3.8) is 0 Å². The first-order chi connectivity index (χ1) is 11.8. The molecule has 0 spiro atoms. The zero-order chi connectivity index (χ0) is 16.8. The Balaban J connectivity index is 1.66. The summed E-state index contributed by atoms with van der Waals surface area (Å²) in [4.78, 5) is 33.2. The molecular formula is C16H16N6OS. The van der Waals surface area contributed by atoms with E-state index in [2.05, 4.69) is 30.2 Å². The molecule has 0 aliphatic heterocycles. The molecule has 0 unspecified atom stereocenters. The van der Waals surface area contributed by atoms with Crippen molar-refractivity contribution in [2.75, 3.05) is 0 Å². The highest BCUT2D eigenvalue weighted by molar-refractivity contribution is 7.13. The van der Waals surface area contributed by atoms with Crippen LogP contribution in [0, 0.1) is 0 Å². The summed E-state index contributed by atoms with van der Waals surface area (Å²) in [7, 11) is 0. The van der Waals surface area contributed by atoms with Crippen LogP contribution in [0.3, 0.4) is 0 Å². The Hall–Kier alpha value is -2.74. The third-order valence-corrected chi connectivity index (χ3v) is 4.20. The number of carbonyl (C=O) groups excluding carboxylic acids is 1.